The molecule has 0 spiro atoms. The van der Waals surface area contributed by atoms with Crippen molar-refractivity contribution >= 4 is 17.5 Å². The fourth-order valence-corrected chi connectivity index (χ4v) is 7.29. The number of hydrogen-bond donors (Lipinski definition) is 1. The average Bonchev–Trinajstić information content (AvgIpc) is 3.23. The number of hydrogen-bond acceptors (Lipinski definition) is 5. The second-order valence-corrected chi connectivity index (χ2v) is 9.91. The molecule has 4 bridgehead atoms. The molecule has 26 heavy (non-hydrogen) atoms. The Labute approximate surface area is 157 Å². The van der Waals surface area contributed by atoms with Crippen molar-refractivity contribution in [2.75, 3.05) is 12.4 Å². The summed E-state index contributed by atoms with van der Waals surface area (Å²) in [4.78, 5) is 25.2. The van der Waals surface area contributed by atoms with Crippen LogP contribution >= 0.6 is 11.8 Å². The van der Waals surface area contributed by atoms with Gasteiger partial charge in [-0.1, -0.05) is 11.8 Å². The first-order chi connectivity index (χ1) is 12.6. The van der Waals surface area contributed by atoms with E-state index in [0.717, 1.165) is 56.5 Å². The van der Waals surface area contributed by atoms with Crippen LogP contribution in [0.4, 0.5) is 0 Å². The van der Waals surface area contributed by atoms with Gasteiger partial charge in [0.05, 0.1) is 18.4 Å². The van der Waals surface area contributed by atoms with Crippen molar-refractivity contribution in [3.05, 3.63) is 10.5 Å². The molecular formula is C19H27N3O3S. The summed E-state index contributed by atoms with van der Waals surface area (Å²) in [6.45, 7) is 1.30. The number of ether oxygens (including phenoxy) is 1. The van der Waals surface area contributed by atoms with E-state index < -0.39 is 0 Å². The van der Waals surface area contributed by atoms with Crippen LogP contribution in [-0.4, -0.2) is 39.0 Å². The molecule has 7 heteroatoms. The van der Waals surface area contributed by atoms with E-state index in [1.807, 2.05) is 0 Å². The smallest absolute Gasteiger partial charge is 0.344 e. The Kier molecular flexibility index (Phi) is 4.27. The van der Waals surface area contributed by atoms with Gasteiger partial charge in [-0.2, -0.15) is 0 Å². The van der Waals surface area contributed by atoms with Crippen LogP contribution in [0.1, 0.15) is 51.4 Å². The summed E-state index contributed by atoms with van der Waals surface area (Å²) >= 11 is 1.42. The Morgan fingerprint density at radius 2 is 1.92 bits per heavy atom. The summed E-state index contributed by atoms with van der Waals surface area (Å²) in [5, 5.41) is 7.33. The minimum atomic E-state index is -0.203. The molecule has 0 amide bonds. The number of aromatic amines is 1. The number of carbonyl (C=O) groups excluding carboxylic acids is 1. The minimum absolute atomic E-state index is 0.0717. The second kappa shape index (κ2) is 6.51. The summed E-state index contributed by atoms with van der Waals surface area (Å²) in [7, 11) is 0. The molecule has 1 aromatic heterocycles. The number of nitrogens with zero attached hydrogens (tertiary/aromatic N) is 2. The van der Waals surface area contributed by atoms with Crippen LogP contribution in [0, 0.1) is 23.2 Å². The zero-order valence-corrected chi connectivity index (χ0v) is 15.9. The van der Waals surface area contributed by atoms with Gasteiger partial charge in [0, 0.05) is 12.0 Å². The van der Waals surface area contributed by atoms with Gasteiger partial charge in [0.25, 0.3) is 0 Å². The Hall–Kier alpha value is -1.08. The van der Waals surface area contributed by atoms with Crippen LogP contribution in [0.5, 0.6) is 0 Å². The number of ketones is 1. The van der Waals surface area contributed by atoms with E-state index in [9.17, 15) is 9.59 Å². The van der Waals surface area contributed by atoms with Crippen molar-refractivity contribution in [3.63, 3.8) is 0 Å². The van der Waals surface area contributed by atoms with Gasteiger partial charge in [0.2, 0.25) is 0 Å². The molecule has 1 N–H and O–H groups in total. The first kappa shape index (κ1) is 17.0. The van der Waals surface area contributed by atoms with E-state index in [-0.39, 0.29) is 17.2 Å². The molecule has 2 heterocycles. The van der Waals surface area contributed by atoms with Crippen LogP contribution in [0.3, 0.4) is 0 Å². The highest BCUT2D eigenvalue weighted by molar-refractivity contribution is 7.99. The highest BCUT2D eigenvalue weighted by atomic mass is 32.2. The predicted molar refractivity (Wildman–Crippen MR) is 98.2 cm³/mol. The van der Waals surface area contributed by atoms with Gasteiger partial charge >= 0.3 is 5.69 Å². The maximum absolute atomic E-state index is 13.2. The summed E-state index contributed by atoms with van der Waals surface area (Å²) < 4.78 is 7.30. The number of aromatic nitrogens is 3. The van der Waals surface area contributed by atoms with Crippen molar-refractivity contribution in [1.82, 2.24) is 14.8 Å². The molecular weight excluding hydrogens is 350 g/mol. The maximum atomic E-state index is 13.2. The van der Waals surface area contributed by atoms with Crippen molar-refractivity contribution in [3.8, 4) is 0 Å². The van der Waals surface area contributed by atoms with Crippen molar-refractivity contribution < 1.29 is 9.53 Å². The molecule has 142 valence electrons. The monoisotopic (exact) mass is 377 g/mol. The number of H-pyrrole nitrogens is 1. The summed E-state index contributed by atoms with van der Waals surface area (Å²) in [6, 6.07) is 0. The molecule has 0 radical (unpaired) electrons. The molecule has 0 aromatic carbocycles. The highest BCUT2D eigenvalue weighted by Gasteiger charge is 2.54. The van der Waals surface area contributed by atoms with Crippen LogP contribution in [0.15, 0.2) is 9.95 Å². The highest BCUT2D eigenvalue weighted by Crippen LogP contribution is 2.60. The van der Waals surface area contributed by atoms with Crippen molar-refractivity contribution in [1.29, 1.82) is 0 Å². The number of thioether (sulfide) groups is 1. The lowest BCUT2D eigenvalue weighted by Crippen LogP contribution is -2.50. The van der Waals surface area contributed by atoms with Gasteiger partial charge in [-0.15, -0.1) is 5.10 Å². The molecule has 1 aliphatic heterocycles. The number of Topliss-reactive ketones (excluding diaryl/α,β-unsaturated/α-hetero) is 1. The van der Waals surface area contributed by atoms with Crippen molar-refractivity contribution in [2.24, 2.45) is 23.2 Å². The summed E-state index contributed by atoms with van der Waals surface area (Å²) in [5.41, 5.74) is -0.275. The molecule has 0 unspecified atom stereocenters. The molecule has 6 rings (SSSR count). The molecule has 1 saturated heterocycles. The topological polar surface area (TPSA) is 77.0 Å². The average molecular weight is 378 g/mol. The Morgan fingerprint density at radius 3 is 2.54 bits per heavy atom. The molecule has 1 aromatic rings. The fourth-order valence-electron chi connectivity index (χ4n) is 6.30. The van der Waals surface area contributed by atoms with E-state index in [2.05, 4.69) is 10.2 Å². The van der Waals surface area contributed by atoms with Gasteiger partial charge < -0.3 is 4.74 Å². The molecule has 6 nitrogen and oxygen atoms in total. The quantitative estimate of drug-likeness (QED) is 0.771. The van der Waals surface area contributed by atoms with Gasteiger partial charge in [-0.3, -0.25) is 9.36 Å². The largest absolute Gasteiger partial charge is 0.376 e. The van der Waals surface area contributed by atoms with E-state index in [0.29, 0.717) is 23.2 Å². The van der Waals surface area contributed by atoms with E-state index in [1.54, 1.807) is 4.57 Å². The van der Waals surface area contributed by atoms with Gasteiger partial charge in [0.1, 0.15) is 5.78 Å². The van der Waals surface area contributed by atoms with E-state index in [1.165, 1.54) is 31.0 Å². The normalized spacial score (nSPS) is 38.2. The Morgan fingerprint density at radius 1 is 1.23 bits per heavy atom. The van der Waals surface area contributed by atoms with Crippen LogP contribution in [0.2, 0.25) is 0 Å². The Bertz CT molecular complexity index is 714. The maximum Gasteiger partial charge on any atom is 0.344 e. The van der Waals surface area contributed by atoms with Crippen LogP contribution in [0.25, 0.3) is 0 Å². The number of carbonyl (C=O) groups is 1. The van der Waals surface area contributed by atoms with Crippen LogP contribution in [-0.2, 0) is 16.1 Å². The molecule has 4 aliphatic carbocycles. The Balaban J connectivity index is 1.27. The molecule has 5 aliphatic rings. The lowest BCUT2D eigenvalue weighted by atomic mass is 9.48. The van der Waals surface area contributed by atoms with Gasteiger partial charge in [-0.25, -0.2) is 9.89 Å². The molecule has 4 saturated carbocycles. The summed E-state index contributed by atoms with van der Waals surface area (Å²) in [6.07, 6.45) is 9.45. The third kappa shape index (κ3) is 2.97. The minimum Gasteiger partial charge on any atom is -0.376 e. The van der Waals surface area contributed by atoms with Crippen molar-refractivity contribution in [2.45, 2.75) is 69.2 Å². The van der Waals surface area contributed by atoms with E-state index in [4.69, 9.17) is 4.74 Å². The van der Waals surface area contributed by atoms with Gasteiger partial charge in [-0.05, 0) is 69.1 Å². The van der Waals surface area contributed by atoms with Gasteiger partial charge in [0.15, 0.2) is 5.16 Å². The fraction of sp³-hybridized carbons (Fsp3) is 0.842. The zero-order chi connectivity index (χ0) is 17.7. The third-order valence-electron chi connectivity index (χ3n) is 7.10. The lowest BCUT2D eigenvalue weighted by molar-refractivity contribution is -0.141. The SMILES string of the molecule is O=C(CSc1n[nH]c(=O)n1C[C@H]1CCCO1)C12CC3CC(CC(C3)C1)C2. The predicted octanol–water partition coefficient (Wildman–Crippen LogP) is 2.63. The number of nitrogens with one attached hydrogen (secondary N) is 1. The van der Waals surface area contributed by atoms with Crippen LogP contribution < -0.4 is 5.69 Å². The van der Waals surface area contributed by atoms with E-state index >= 15 is 0 Å². The summed E-state index contributed by atoms with van der Waals surface area (Å²) in [5.74, 6) is 3.15. The first-order valence-corrected chi connectivity index (χ1v) is 11.0. The molecule has 1 atom stereocenters. The second-order valence-electron chi connectivity index (χ2n) is 8.97. The molecule has 5 fully saturated rings. The number of rotatable bonds is 6. The first-order valence-electron chi connectivity index (χ1n) is 10.0. The zero-order valence-electron chi connectivity index (χ0n) is 15.1. The lowest BCUT2D eigenvalue weighted by Gasteiger charge is -2.56. The third-order valence-corrected chi connectivity index (χ3v) is 8.07. The standard InChI is InChI=1S/C19H27N3O3S/c23-16(19-7-12-4-13(8-19)6-14(5-12)9-19)11-26-18-21-20-17(24)22(18)10-15-2-1-3-25-15/h12-15H,1-11H2,(H,20,24)/t12?,13?,14?,15-,19?/m1/s1.